The van der Waals surface area contributed by atoms with Crippen molar-refractivity contribution in [2.24, 2.45) is 0 Å². The molecule has 0 heterocycles. The summed E-state index contributed by atoms with van der Waals surface area (Å²) in [5, 5.41) is 3.11. The Kier molecular flexibility index (Phi) is 11.9. The Morgan fingerprint density at radius 1 is 0.765 bits per heavy atom. The molecule has 2 rings (SSSR count). The lowest BCUT2D eigenvalue weighted by Crippen LogP contribution is -2.30. The Bertz CT molecular complexity index is 863. The molecule has 0 bridgehead atoms. The normalized spacial score (nSPS) is 12.1. The van der Waals surface area contributed by atoms with Crippen LogP contribution in [0.3, 0.4) is 0 Å². The summed E-state index contributed by atoms with van der Waals surface area (Å²) in [6, 6.07) is 15.3. The topological polar surface area (TPSA) is 55.4 Å². The minimum absolute atomic E-state index is 0.244. The van der Waals surface area contributed by atoms with Crippen LogP contribution in [0.5, 0.6) is 0 Å². The van der Waals surface area contributed by atoms with E-state index in [2.05, 4.69) is 39.9 Å². The number of rotatable bonds is 14. The number of ether oxygens (including phenoxy) is 1. The second kappa shape index (κ2) is 14.6. The smallest absolute Gasteiger partial charge is 0.323 e. The molecule has 4 heteroatoms. The predicted octanol–water partition coefficient (Wildman–Crippen LogP) is 7.95. The monoisotopic (exact) mass is 465 g/mol. The van der Waals surface area contributed by atoms with Crippen molar-refractivity contribution in [3.05, 3.63) is 65.2 Å². The zero-order valence-corrected chi connectivity index (χ0v) is 21.7. The van der Waals surface area contributed by atoms with E-state index in [9.17, 15) is 9.59 Å². The number of anilines is 1. The number of nitrogens with one attached hydrogen (secondary N) is 1. The summed E-state index contributed by atoms with van der Waals surface area (Å²) in [5.74, 6) is -1.33. The van der Waals surface area contributed by atoms with E-state index in [-0.39, 0.29) is 17.7 Å². The fourth-order valence-electron chi connectivity index (χ4n) is 4.25. The van der Waals surface area contributed by atoms with Gasteiger partial charge in [-0.15, -0.1) is 0 Å². The first-order valence-corrected chi connectivity index (χ1v) is 13.0. The SMILES string of the molecule is CCCCCCCCCOC(=O)C(C(=O)Nc1c(C(C)C)cccc1C(C)C)c1ccccc1. The molecule has 0 aliphatic heterocycles. The molecule has 34 heavy (non-hydrogen) atoms. The first kappa shape index (κ1) is 27.6. The Hall–Kier alpha value is -2.62. The minimum Gasteiger partial charge on any atom is -0.465 e. The fraction of sp³-hybridized carbons (Fsp3) is 0.533. The summed E-state index contributed by atoms with van der Waals surface area (Å²) >= 11 is 0. The van der Waals surface area contributed by atoms with E-state index in [1.54, 1.807) is 0 Å². The molecule has 0 saturated heterocycles. The lowest BCUT2D eigenvalue weighted by molar-refractivity contribution is -0.148. The van der Waals surface area contributed by atoms with Crippen LogP contribution in [0.15, 0.2) is 48.5 Å². The van der Waals surface area contributed by atoms with Crippen molar-refractivity contribution < 1.29 is 14.3 Å². The molecule has 0 saturated carbocycles. The number of carbonyl (C=O) groups excluding carboxylic acids is 2. The largest absolute Gasteiger partial charge is 0.465 e. The van der Waals surface area contributed by atoms with E-state index >= 15 is 0 Å². The lowest BCUT2D eigenvalue weighted by atomic mass is 9.91. The van der Waals surface area contributed by atoms with Crippen LogP contribution in [-0.4, -0.2) is 18.5 Å². The summed E-state index contributed by atoms with van der Waals surface area (Å²) in [6.07, 6.45) is 8.03. The van der Waals surface area contributed by atoms with Gasteiger partial charge in [0, 0.05) is 5.69 Å². The van der Waals surface area contributed by atoms with E-state index in [4.69, 9.17) is 4.74 Å². The third-order valence-corrected chi connectivity index (χ3v) is 6.24. The van der Waals surface area contributed by atoms with Crippen LogP contribution in [-0.2, 0) is 14.3 Å². The number of amides is 1. The number of esters is 1. The second-order valence-electron chi connectivity index (χ2n) is 9.74. The second-order valence-corrected chi connectivity index (χ2v) is 9.74. The first-order valence-electron chi connectivity index (χ1n) is 13.0. The molecule has 0 spiro atoms. The highest BCUT2D eigenvalue weighted by molar-refractivity contribution is 6.10. The molecule has 186 valence electrons. The van der Waals surface area contributed by atoms with Crippen LogP contribution < -0.4 is 5.32 Å². The summed E-state index contributed by atoms with van der Waals surface area (Å²) in [7, 11) is 0. The highest BCUT2D eigenvalue weighted by Gasteiger charge is 2.31. The molecule has 2 aromatic rings. The van der Waals surface area contributed by atoms with Gasteiger partial charge in [-0.25, -0.2) is 0 Å². The highest BCUT2D eigenvalue weighted by Crippen LogP contribution is 2.33. The molecule has 2 aromatic carbocycles. The van der Waals surface area contributed by atoms with Crippen molar-refractivity contribution in [3.8, 4) is 0 Å². The van der Waals surface area contributed by atoms with E-state index in [0.717, 1.165) is 36.1 Å². The van der Waals surface area contributed by atoms with Crippen LogP contribution in [0.1, 0.15) is 114 Å². The highest BCUT2D eigenvalue weighted by atomic mass is 16.5. The molecule has 0 fully saturated rings. The molecule has 1 N–H and O–H groups in total. The Labute approximate surface area is 206 Å². The summed E-state index contributed by atoms with van der Waals surface area (Å²) in [5.41, 5.74) is 3.61. The third-order valence-electron chi connectivity index (χ3n) is 6.24. The van der Waals surface area contributed by atoms with Gasteiger partial charge in [0.25, 0.3) is 0 Å². The molecule has 0 aliphatic carbocycles. The van der Waals surface area contributed by atoms with Crippen molar-refractivity contribution in [2.75, 3.05) is 11.9 Å². The average Bonchev–Trinajstić information content (AvgIpc) is 2.81. The predicted molar refractivity (Wildman–Crippen MR) is 141 cm³/mol. The van der Waals surface area contributed by atoms with Gasteiger partial charge < -0.3 is 10.1 Å². The maximum Gasteiger partial charge on any atom is 0.323 e. The maximum atomic E-state index is 13.5. The van der Waals surface area contributed by atoms with Gasteiger partial charge in [-0.2, -0.15) is 0 Å². The van der Waals surface area contributed by atoms with Crippen molar-refractivity contribution in [1.82, 2.24) is 0 Å². The molecule has 4 nitrogen and oxygen atoms in total. The van der Waals surface area contributed by atoms with Crippen LogP contribution >= 0.6 is 0 Å². The van der Waals surface area contributed by atoms with Gasteiger partial charge in [-0.1, -0.05) is 122 Å². The van der Waals surface area contributed by atoms with Gasteiger partial charge in [-0.05, 0) is 34.9 Å². The van der Waals surface area contributed by atoms with Crippen LogP contribution in [0, 0.1) is 0 Å². The molecule has 0 aromatic heterocycles. The van der Waals surface area contributed by atoms with Gasteiger partial charge >= 0.3 is 5.97 Å². The fourth-order valence-corrected chi connectivity index (χ4v) is 4.25. The van der Waals surface area contributed by atoms with E-state index < -0.39 is 11.9 Å². The number of hydrogen-bond acceptors (Lipinski definition) is 3. The molecular weight excluding hydrogens is 422 g/mol. The molecule has 1 atom stereocenters. The molecule has 1 unspecified atom stereocenters. The molecule has 0 radical (unpaired) electrons. The van der Waals surface area contributed by atoms with Crippen molar-refractivity contribution >= 4 is 17.6 Å². The minimum atomic E-state index is -0.994. The van der Waals surface area contributed by atoms with Gasteiger partial charge in [0.05, 0.1) is 6.61 Å². The van der Waals surface area contributed by atoms with Gasteiger partial charge in [0.1, 0.15) is 0 Å². The van der Waals surface area contributed by atoms with Gasteiger partial charge in [0.2, 0.25) is 5.91 Å². The average molecular weight is 466 g/mol. The number of para-hydroxylation sites is 1. The summed E-state index contributed by atoms with van der Waals surface area (Å²) in [6.45, 7) is 11.0. The zero-order valence-electron chi connectivity index (χ0n) is 21.7. The zero-order chi connectivity index (χ0) is 24.9. The van der Waals surface area contributed by atoms with Gasteiger partial charge in [-0.3, -0.25) is 9.59 Å². The van der Waals surface area contributed by atoms with E-state index in [1.807, 2.05) is 48.5 Å². The Balaban J connectivity index is 2.13. The standard InChI is InChI=1S/C30H43NO3/c1-6-7-8-9-10-11-15-21-34-30(33)27(24-17-13-12-14-18-24)29(32)31-28-25(22(2)3)19-16-20-26(28)23(4)5/h12-14,16-20,22-23,27H,6-11,15,21H2,1-5H3,(H,31,32). The molecule has 0 aliphatic rings. The van der Waals surface area contributed by atoms with Crippen LogP contribution in [0.25, 0.3) is 0 Å². The van der Waals surface area contributed by atoms with Crippen LogP contribution in [0.2, 0.25) is 0 Å². The third kappa shape index (κ3) is 8.30. The Morgan fingerprint density at radius 3 is 1.88 bits per heavy atom. The van der Waals surface area contributed by atoms with E-state index in [0.29, 0.717) is 12.2 Å². The number of hydrogen-bond donors (Lipinski definition) is 1. The number of carbonyl (C=O) groups is 2. The number of unbranched alkanes of at least 4 members (excludes halogenated alkanes) is 6. The van der Waals surface area contributed by atoms with Gasteiger partial charge in [0.15, 0.2) is 5.92 Å². The van der Waals surface area contributed by atoms with Crippen molar-refractivity contribution in [1.29, 1.82) is 0 Å². The number of benzene rings is 2. The molecule has 1 amide bonds. The van der Waals surface area contributed by atoms with Crippen LogP contribution in [0.4, 0.5) is 5.69 Å². The summed E-state index contributed by atoms with van der Waals surface area (Å²) in [4.78, 5) is 26.6. The summed E-state index contributed by atoms with van der Waals surface area (Å²) < 4.78 is 5.60. The maximum absolute atomic E-state index is 13.5. The first-order chi connectivity index (χ1) is 16.4. The van der Waals surface area contributed by atoms with E-state index in [1.165, 1.54) is 25.7 Å². The van der Waals surface area contributed by atoms with Crippen molar-refractivity contribution in [3.63, 3.8) is 0 Å². The molecular formula is C30H43NO3. The van der Waals surface area contributed by atoms with Crippen molar-refractivity contribution in [2.45, 2.75) is 97.3 Å². The Morgan fingerprint density at radius 2 is 1.32 bits per heavy atom. The lowest BCUT2D eigenvalue weighted by Gasteiger charge is -2.22. The quantitative estimate of drug-likeness (QED) is 0.175.